The highest BCUT2D eigenvalue weighted by Gasteiger charge is 2.34. The fourth-order valence-corrected chi connectivity index (χ4v) is 4.67. The van der Waals surface area contributed by atoms with Crippen molar-refractivity contribution < 1.29 is 9.32 Å². The van der Waals surface area contributed by atoms with Gasteiger partial charge in [0.05, 0.1) is 12.2 Å². The van der Waals surface area contributed by atoms with Crippen molar-refractivity contribution in [2.24, 2.45) is 7.05 Å². The van der Waals surface area contributed by atoms with Crippen LogP contribution in [0.4, 0.5) is 0 Å². The summed E-state index contributed by atoms with van der Waals surface area (Å²) in [5, 5.41) is 8.84. The third-order valence-corrected chi connectivity index (χ3v) is 6.27. The van der Waals surface area contributed by atoms with Crippen LogP contribution < -0.4 is 0 Å². The summed E-state index contributed by atoms with van der Waals surface area (Å²) in [5.41, 5.74) is 4.25. The minimum atomic E-state index is 0.00458. The highest BCUT2D eigenvalue weighted by atomic mass is 16.5. The molecule has 1 amide bonds. The molecule has 2 fully saturated rings. The normalized spacial score (nSPS) is 19.9. The molecule has 2 saturated carbocycles. The van der Waals surface area contributed by atoms with Crippen LogP contribution in [0, 0.1) is 0 Å². The van der Waals surface area contributed by atoms with Gasteiger partial charge >= 0.3 is 0 Å². The Morgan fingerprint density at radius 2 is 2.04 bits per heavy atom. The van der Waals surface area contributed by atoms with Crippen molar-refractivity contribution in [2.75, 3.05) is 0 Å². The SMILES string of the molecule is Cn1nc(CN(C(=O)c2cc(C3CC3)on2)C2CCCC2)c2c1CCC2. The zero-order valence-corrected chi connectivity index (χ0v) is 15.4. The Hall–Kier alpha value is -2.11. The van der Waals surface area contributed by atoms with E-state index in [1.54, 1.807) is 0 Å². The van der Waals surface area contributed by atoms with Crippen molar-refractivity contribution in [1.29, 1.82) is 0 Å². The second-order valence-corrected chi connectivity index (χ2v) is 8.11. The molecule has 0 aromatic carbocycles. The van der Waals surface area contributed by atoms with E-state index in [0.29, 0.717) is 24.2 Å². The largest absolute Gasteiger partial charge is 0.360 e. The highest BCUT2D eigenvalue weighted by molar-refractivity contribution is 5.92. The number of amides is 1. The topological polar surface area (TPSA) is 64.2 Å². The molecule has 3 aliphatic carbocycles. The van der Waals surface area contributed by atoms with Crippen molar-refractivity contribution in [3.8, 4) is 0 Å². The van der Waals surface area contributed by atoms with Gasteiger partial charge in [0.1, 0.15) is 5.76 Å². The first-order chi connectivity index (χ1) is 12.7. The maximum atomic E-state index is 13.3. The summed E-state index contributed by atoms with van der Waals surface area (Å²) in [5.74, 6) is 1.35. The fraction of sp³-hybridized carbons (Fsp3) is 0.650. The van der Waals surface area contributed by atoms with Gasteiger partial charge in [0, 0.05) is 30.8 Å². The van der Waals surface area contributed by atoms with Crippen LogP contribution in [-0.2, 0) is 26.4 Å². The Labute approximate surface area is 153 Å². The Kier molecular flexibility index (Phi) is 3.87. The van der Waals surface area contributed by atoms with Crippen LogP contribution in [0.15, 0.2) is 10.6 Å². The number of hydrogen-bond donors (Lipinski definition) is 0. The summed E-state index contributed by atoms with van der Waals surface area (Å²) < 4.78 is 7.44. The van der Waals surface area contributed by atoms with Gasteiger partial charge < -0.3 is 9.42 Å². The zero-order chi connectivity index (χ0) is 17.7. The molecular formula is C20H26N4O2. The molecule has 2 aromatic rings. The lowest BCUT2D eigenvalue weighted by atomic mass is 10.1. The van der Waals surface area contributed by atoms with Crippen molar-refractivity contribution in [2.45, 2.75) is 76.3 Å². The number of hydrogen-bond acceptors (Lipinski definition) is 4. The van der Waals surface area contributed by atoms with E-state index in [-0.39, 0.29) is 5.91 Å². The van der Waals surface area contributed by atoms with Gasteiger partial charge in [0.15, 0.2) is 5.69 Å². The van der Waals surface area contributed by atoms with Crippen molar-refractivity contribution in [3.63, 3.8) is 0 Å². The van der Waals surface area contributed by atoms with Crippen LogP contribution >= 0.6 is 0 Å². The summed E-state index contributed by atoms with van der Waals surface area (Å²) in [7, 11) is 2.02. The van der Waals surface area contributed by atoms with Gasteiger partial charge in [-0.05, 0) is 50.5 Å². The molecule has 0 radical (unpaired) electrons. The van der Waals surface area contributed by atoms with Crippen LogP contribution in [0.1, 0.15) is 84.1 Å². The van der Waals surface area contributed by atoms with Gasteiger partial charge in [-0.3, -0.25) is 9.48 Å². The molecule has 0 atom stereocenters. The predicted molar refractivity (Wildman–Crippen MR) is 95.8 cm³/mol. The Bertz CT molecular complexity index is 827. The van der Waals surface area contributed by atoms with Crippen LogP contribution in [-0.4, -0.2) is 31.8 Å². The van der Waals surface area contributed by atoms with Crippen LogP contribution in [0.25, 0.3) is 0 Å². The molecule has 0 saturated heterocycles. The van der Waals surface area contributed by atoms with Crippen molar-refractivity contribution in [1.82, 2.24) is 19.8 Å². The van der Waals surface area contributed by atoms with Gasteiger partial charge in [-0.15, -0.1) is 0 Å². The van der Waals surface area contributed by atoms with Crippen molar-refractivity contribution >= 4 is 5.91 Å². The van der Waals surface area contributed by atoms with E-state index < -0.39 is 0 Å². The zero-order valence-electron chi connectivity index (χ0n) is 15.4. The number of rotatable bonds is 5. The molecule has 0 N–H and O–H groups in total. The molecule has 0 aliphatic heterocycles. The molecule has 26 heavy (non-hydrogen) atoms. The van der Waals surface area contributed by atoms with Crippen LogP contribution in [0.3, 0.4) is 0 Å². The van der Waals surface area contributed by atoms with Crippen LogP contribution in [0.5, 0.6) is 0 Å². The van der Waals surface area contributed by atoms with E-state index in [0.717, 1.165) is 50.0 Å². The van der Waals surface area contributed by atoms with Gasteiger partial charge in [0.2, 0.25) is 0 Å². The summed E-state index contributed by atoms with van der Waals surface area (Å²) in [6.07, 6.45) is 10.2. The summed E-state index contributed by atoms with van der Waals surface area (Å²) >= 11 is 0. The summed E-state index contributed by atoms with van der Waals surface area (Å²) in [6, 6.07) is 2.16. The molecule has 0 spiro atoms. The van der Waals surface area contributed by atoms with Gasteiger partial charge in [-0.1, -0.05) is 18.0 Å². The summed E-state index contributed by atoms with van der Waals surface area (Å²) in [4.78, 5) is 15.3. The monoisotopic (exact) mass is 354 g/mol. The third kappa shape index (κ3) is 2.75. The highest BCUT2D eigenvalue weighted by Crippen LogP contribution is 2.40. The standard InChI is InChI=1S/C20H26N4O2/c1-23-18-8-4-7-15(18)17(21-23)12-24(14-5-2-3-6-14)20(25)16-11-19(26-22-16)13-9-10-13/h11,13-14H,2-10,12H2,1H3. The van der Waals surface area contributed by atoms with Gasteiger partial charge in [0.25, 0.3) is 5.91 Å². The van der Waals surface area contributed by atoms with E-state index >= 15 is 0 Å². The second kappa shape index (κ2) is 6.25. The summed E-state index contributed by atoms with van der Waals surface area (Å²) in [6.45, 7) is 0.596. The molecule has 2 aromatic heterocycles. The molecule has 6 heteroatoms. The fourth-order valence-electron chi connectivity index (χ4n) is 4.67. The van der Waals surface area contributed by atoms with E-state index in [4.69, 9.17) is 9.62 Å². The minimum absolute atomic E-state index is 0.00458. The molecule has 0 unspecified atom stereocenters. The van der Waals surface area contributed by atoms with Gasteiger partial charge in [-0.25, -0.2) is 0 Å². The smallest absolute Gasteiger partial charge is 0.276 e. The molecule has 5 rings (SSSR count). The average Bonchev–Trinajstić information content (AvgIpc) is 3.12. The average molecular weight is 354 g/mol. The van der Waals surface area contributed by atoms with Gasteiger partial charge in [-0.2, -0.15) is 5.10 Å². The second-order valence-electron chi connectivity index (χ2n) is 8.11. The first-order valence-corrected chi connectivity index (χ1v) is 10.0. The number of aryl methyl sites for hydroxylation is 1. The number of nitrogens with zero attached hydrogens (tertiary/aromatic N) is 4. The maximum absolute atomic E-state index is 13.3. The van der Waals surface area contributed by atoms with E-state index in [9.17, 15) is 4.79 Å². The lowest BCUT2D eigenvalue weighted by molar-refractivity contribution is 0.0650. The molecular weight excluding hydrogens is 328 g/mol. The predicted octanol–water partition coefficient (Wildman–Crippen LogP) is 3.36. The first kappa shape index (κ1) is 16.1. The molecule has 2 heterocycles. The minimum Gasteiger partial charge on any atom is -0.360 e. The van der Waals surface area contributed by atoms with Crippen molar-refractivity contribution in [3.05, 3.63) is 34.5 Å². The quantitative estimate of drug-likeness (QED) is 0.826. The number of carbonyl (C=O) groups excluding carboxylic acids is 1. The molecule has 3 aliphatic rings. The number of fused-ring (bicyclic) bond motifs is 1. The van der Waals surface area contributed by atoms with E-state index in [2.05, 4.69) is 5.16 Å². The maximum Gasteiger partial charge on any atom is 0.276 e. The third-order valence-electron chi connectivity index (χ3n) is 6.27. The first-order valence-electron chi connectivity index (χ1n) is 10.0. The molecule has 138 valence electrons. The Morgan fingerprint density at radius 1 is 1.23 bits per heavy atom. The lowest BCUT2D eigenvalue weighted by Crippen LogP contribution is -2.38. The number of carbonyl (C=O) groups is 1. The molecule has 0 bridgehead atoms. The Balaban J connectivity index is 1.43. The Morgan fingerprint density at radius 3 is 2.81 bits per heavy atom. The van der Waals surface area contributed by atoms with E-state index in [1.807, 2.05) is 22.7 Å². The lowest BCUT2D eigenvalue weighted by Gasteiger charge is -2.27. The van der Waals surface area contributed by atoms with Crippen LogP contribution in [0.2, 0.25) is 0 Å². The van der Waals surface area contributed by atoms with E-state index in [1.165, 1.54) is 30.5 Å². The molecule has 6 nitrogen and oxygen atoms in total. The number of aromatic nitrogens is 3.